The molecule has 0 aromatic heterocycles. The van der Waals surface area contributed by atoms with E-state index in [-0.39, 0.29) is 11.5 Å². The molecule has 1 spiro atoms. The van der Waals surface area contributed by atoms with Gasteiger partial charge in [0.15, 0.2) is 0 Å². The van der Waals surface area contributed by atoms with Crippen LogP contribution in [-0.4, -0.2) is 48.5 Å². The number of ether oxygens (including phenoxy) is 1. The number of rotatable bonds is 5. The van der Waals surface area contributed by atoms with Crippen LogP contribution in [0.2, 0.25) is 0 Å². The first kappa shape index (κ1) is 14.3. The predicted octanol–water partition coefficient (Wildman–Crippen LogP) is 2.28. The average molecular weight is 255 g/mol. The van der Waals surface area contributed by atoms with Crippen molar-refractivity contribution in [1.29, 1.82) is 0 Å². The predicted molar refractivity (Wildman–Crippen MR) is 73.6 cm³/mol. The van der Waals surface area contributed by atoms with Gasteiger partial charge in [-0.25, -0.2) is 0 Å². The quantitative estimate of drug-likeness (QED) is 0.818. The number of hydrogen-bond acceptors (Lipinski definition) is 3. The molecule has 0 radical (unpaired) electrons. The van der Waals surface area contributed by atoms with E-state index >= 15 is 0 Å². The van der Waals surface area contributed by atoms with Crippen LogP contribution in [0.25, 0.3) is 0 Å². The molecule has 18 heavy (non-hydrogen) atoms. The minimum Gasteiger partial charge on any atom is -0.392 e. The van der Waals surface area contributed by atoms with Gasteiger partial charge in [0, 0.05) is 18.4 Å². The van der Waals surface area contributed by atoms with E-state index in [1.165, 1.54) is 13.0 Å². The van der Waals surface area contributed by atoms with Crippen LogP contribution in [0.15, 0.2) is 0 Å². The lowest BCUT2D eigenvalue weighted by molar-refractivity contribution is -0.209. The normalized spacial score (nSPS) is 31.8. The Bertz CT molecular complexity index is 257. The van der Waals surface area contributed by atoms with Gasteiger partial charge >= 0.3 is 0 Å². The monoisotopic (exact) mass is 255 g/mol. The Hall–Kier alpha value is -0.120. The molecule has 1 aliphatic heterocycles. The van der Waals surface area contributed by atoms with E-state index in [2.05, 4.69) is 25.7 Å². The van der Waals surface area contributed by atoms with E-state index in [0.717, 1.165) is 44.9 Å². The Kier molecular flexibility index (Phi) is 4.68. The largest absolute Gasteiger partial charge is 0.392 e. The Morgan fingerprint density at radius 1 is 1.33 bits per heavy atom. The van der Waals surface area contributed by atoms with Gasteiger partial charge in [0.25, 0.3) is 0 Å². The molecule has 1 saturated carbocycles. The SMILES string of the molecule is CCOC1CC(O)C12CCN(CCC(C)C)CC2. The number of likely N-dealkylation sites (tertiary alicyclic amines) is 1. The highest BCUT2D eigenvalue weighted by Gasteiger charge is 2.55. The van der Waals surface area contributed by atoms with Crippen molar-refractivity contribution in [3.05, 3.63) is 0 Å². The third kappa shape index (κ3) is 2.73. The molecule has 1 N–H and O–H groups in total. The maximum absolute atomic E-state index is 10.1. The third-order valence-corrected chi connectivity index (χ3v) is 4.92. The molecule has 3 heteroatoms. The molecule has 0 aromatic carbocycles. The molecule has 2 rings (SSSR count). The molecule has 1 aliphatic carbocycles. The average Bonchev–Trinajstić information content (AvgIpc) is 2.37. The fraction of sp³-hybridized carbons (Fsp3) is 1.00. The van der Waals surface area contributed by atoms with Crippen molar-refractivity contribution in [2.45, 2.75) is 58.7 Å². The van der Waals surface area contributed by atoms with E-state index in [1.807, 2.05) is 0 Å². The number of nitrogens with zero attached hydrogens (tertiary/aromatic N) is 1. The van der Waals surface area contributed by atoms with E-state index < -0.39 is 0 Å². The molecule has 0 bridgehead atoms. The summed E-state index contributed by atoms with van der Waals surface area (Å²) in [5, 5.41) is 10.1. The molecule has 2 fully saturated rings. The first-order valence-corrected chi connectivity index (χ1v) is 7.60. The third-order valence-electron chi connectivity index (χ3n) is 4.92. The summed E-state index contributed by atoms with van der Waals surface area (Å²) in [5.41, 5.74) is 0.0876. The van der Waals surface area contributed by atoms with Gasteiger partial charge in [-0.15, -0.1) is 0 Å². The van der Waals surface area contributed by atoms with Crippen molar-refractivity contribution in [3.63, 3.8) is 0 Å². The van der Waals surface area contributed by atoms with Crippen molar-refractivity contribution in [2.24, 2.45) is 11.3 Å². The van der Waals surface area contributed by atoms with Gasteiger partial charge < -0.3 is 14.7 Å². The molecule has 2 aliphatic rings. The van der Waals surface area contributed by atoms with Crippen molar-refractivity contribution >= 4 is 0 Å². The van der Waals surface area contributed by atoms with Gasteiger partial charge in [0.05, 0.1) is 12.2 Å². The standard InChI is InChI=1S/C15H29NO2/c1-4-18-14-11-13(17)15(14)6-9-16(10-7-15)8-5-12(2)3/h12-14,17H,4-11H2,1-3H3. The van der Waals surface area contributed by atoms with Gasteiger partial charge in [-0.05, 0) is 51.7 Å². The van der Waals surface area contributed by atoms with E-state index in [4.69, 9.17) is 4.74 Å². The molecule has 106 valence electrons. The molecule has 0 aromatic rings. The smallest absolute Gasteiger partial charge is 0.0681 e. The summed E-state index contributed by atoms with van der Waals surface area (Å²) in [4.78, 5) is 2.55. The fourth-order valence-corrected chi connectivity index (χ4v) is 3.45. The van der Waals surface area contributed by atoms with Crippen LogP contribution in [0.4, 0.5) is 0 Å². The maximum Gasteiger partial charge on any atom is 0.0681 e. The lowest BCUT2D eigenvalue weighted by atomic mass is 9.58. The van der Waals surface area contributed by atoms with Crippen LogP contribution in [-0.2, 0) is 4.74 Å². The highest BCUT2D eigenvalue weighted by Crippen LogP contribution is 2.50. The Labute approximate surface area is 112 Å². The first-order chi connectivity index (χ1) is 8.58. The highest BCUT2D eigenvalue weighted by atomic mass is 16.5. The number of piperidine rings is 1. The summed E-state index contributed by atoms with van der Waals surface area (Å²) in [6, 6.07) is 0. The van der Waals surface area contributed by atoms with Crippen molar-refractivity contribution in [3.8, 4) is 0 Å². The molecule has 0 amide bonds. The number of hydrogen-bond donors (Lipinski definition) is 1. The summed E-state index contributed by atoms with van der Waals surface area (Å²) >= 11 is 0. The van der Waals surface area contributed by atoms with Gasteiger partial charge in [0.2, 0.25) is 0 Å². The zero-order valence-corrected chi connectivity index (χ0v) is 12.2. The zero-order chi connectivity index (χ0) is 13.2. The molecule has 3 nitrogen and oxygen atoms in total. The summed E-state index contributed by atoms with van der Waals surface area (Å²) in [6.45, 7) is 10.9. The fourth-order valence-electron chi connectivity index (χ4n) is 3.45. The molecule has 2 atom stereocenters. The lowest BCUT2D eigenvalue weighted by Crippen LogP contribution is -2.62. The summed E-state index contributed by atoms with van der Waals surface area (Å²) in [6.07, 6.45) is 4.53. The first-order valence-electron chi connectivity index (χ1n) is 7.60. The van der Waals surface area contributed by atoms with Crippen LogP contribution < -0.4 is 0 Å². The molecular formula is C15H29NO2. The molecule has 1 saturated heterocycles. The van der Waals surface area contributed by atoms with Crippen LogP contribution in [0.5, 0.6) is 0 Å². The van der Waals surface area contributed by atoms with Crippen LogP contribution >= 0.6 is 0 Å². The van der Waals surface area contributed by atoms with E-state index in [1.54, 1.807) is 0 Å². The highest BCUT2D eigenvalue weighted by molar-refractivity contribution is 5.06. The Balaban J connectivity index is 1.81. The molecule has 2 unspecified atom stereocenters. The van der Waals surface area contributed by atoms with E-state index in [9.17, 15) is 5.11 Å². The maximum atomic E-state index is 10.1. The van der Waals surface area contributed by atoms with Gasteiger partial charge in [-0.1, -0.05) is 13.8 Å². The molecule has 1 heterocycles. The van der Waals surface area contributed by atoms with E-state index in [0.29, 0.717) is 6.10 Å². The van der Waals surface area contributed by atoms with Gasteiger partial charge in [-0.3, -0.25) is 0 Å². The van der Waals surface area contributed by atoms with Gasteiger partial charge in [-0.2, -0.15) is 0 Å². The minimum atomic E-state index is -0.124. The molecular weight excluding hydrogens is 226 g/mol. The second-order valence-electron chi connectivity index (χ2n) is 6.45. The number of aliphatic hydroxyl groups is 1. The second kappa shape index (κ2) is 5.89. The summed E-state index contributed by atoms with van der Waals surface area (Å²) in [5.74, 6) is 0.784. The second-order valence-corrected chi connectivity index (χ2v) is 6.45. The van der Waals surface area contributed by atoms with Crippen molar-refractivity contribution in [2.75, 3.05) is 26.2 Å². The van der Waals surface area contributed by atoms with Crippen LogP contribution in [0, 0.1) is 11.3 Å². The topological polar surface area (TPSA) is 32.7 Å². The zero-order valence-electron chi connectivity index (χ0n) is 12.2. The van der Waals surface area contributed by atoms with Crippen LogP contribution in [0.3, 0.4) is 0 Å². The Morgan fingerprint density at radius 3 is 2.50 bits per heavy atom. The minimum absolute atomic E-state index is 0.0876. The number of aliphatic hydroxyl groups excluding tert-OH is 1. The summed E-state index contributed by atoms with van der Waals surface area (Å²) in [7, 11) is 0. The van der Waals surface area contributed by atoms with Crippen molar-refractivity contribution in [1.82, 2.24) is 4.90 Å². The summed E-state index contributed by atoms with van der Waals surface area (Å²) < 4.78 is 5.80. The Morgan fingerprint density at radius 2 is 2.00 bits per heavy atom. The van der Waals surface area contributed by atoms with Crippen LogP contribution in [0.1, 0.15) is 46.5 Å². The lowest BCUT2D eigenvalue weighted by Gasteiger charge is -2.56. The van der Waals surface area contributed by atoms with Crippen molar-refractivity contribution < 1.29 is 9.84 Å². The van der Waals surface area contributed by atoms with Gasteiger partial charge in [0.1, 0.15) is 0 Å².